The van der Waals surface area contributed by atoms with Crippen LogP contribution in [0.3, 0.4) is 0 Å². The van der Waals surface area contributed by atoms with Gasteiger partial charge in [0.15, 0.2) is 5.82 Å². The van der Waals surface area contributed by atoms with Gasteiger partial charge in [0, 0.05) is 32.9 Å². The lowest BCUT2D eigenvalue weighted by Gasteiger charge is -2.20. The van der Waals surface area contributed by atoms with Crippen LogP contribution in [0.2, 0.25) is 10.0 Å². The molecule has 146 valence electrons. The highest BCUT2D eigenvalue weighted by molar-refractivity contribution is 6.42. The van der Waals surface area contributed by atoms with E-state index < -0.39 is 0 Å². The van der Waals surface area contributed by atoms with Crippen molar-refractivity contribution in [1.82, 2.24) is 19.8 Å². The quantitative estimate of drug-likeness (QED) is 0.645. The summed E-state index contributed by atoms with van der Waals surface area (Å²) < 4.78 is 0. The minimum absolute atomic E-state index is 0.234. The van der Waals surface area contributed by atoms with Gasteiger partial charge in [0.2, 0.25) is 5.95 Å². The monoisotopic (exact) mass is 411 g/mol. The summed E-state index contributed by atoms with van der Waals surface area (Å²) in [6.07, 6.45) is 1.54. The molecule has 10 heteroatoms. The minimum Gasteiger partial charge on any atom is -0.371 e. The van der Waals surface area contributed by atoms with E-state index in [1.807, 2.05) is 19.0 Å². The van der Waals surface area contributed by atoms with Crippen LogP contribution in [0, 0.1) is 0 Å². The Labute approximate surface area is 168 Å². The molecule has 0 spiro atoms. The summed E-state index contributed by atoms with van der Waals surface area (Å²) in [6.45, 7) is 1.37. The van der Waals surface area contributed by atoms with E-state index >= 15 is 0 Å². The van der Waals surface area contributed by atoms with E-state index in [0.29, 0.717) is 39.7 Å². The Kier molecular flexibility index (Phi) is 7.46. The minimum atomic E-state index is -0.234. The molecule has 1 aromatic carbocycles. The Morgan fingerprint density at radius 1 is 1.15 bits per heavy atom. The predicted octanol–water partition coefficient (Wildman–Crippen LogP) is 3.59. The first kappa shape index (κ1) is 21.0. The predicted molar refractivity (Wildman–Crippen MR) is 112 cm³/mol. The molecule has 3 N–H and O–H groups in total. The maximum atomic E-state index is 12.3. The fourth-order valence-corrected chi connectivity index (χ4v) is 2.39. The van der Waals surface area contributed by atoms with Gasteiger partial charge in [0.05, 0.1) is 16.2 Å². The maximum Gasteiger partial charge on any atom is 0.321 e. The highest BCUT2D eigenvalue weighted by Gasteiger charge is 2.13. The number of rotatable bonds is 7. The largest absolute Gasteiger partial charge is 0.371 e. The van der Waals surface area contributed by atoms with Crippen LogP contribution in [0.1, 0.15) is 0 Å². The molecule has 0 saturated carbocycles. The smallest absolute Gasteiger partial charge is 0.321 e. The molecule has 0 bridgehead atoms. The lowest BCUT2D eigenvalue weighted by molar-refractivity contribution is 0.217. The Hall–Kier alpha value is -2.29. The zero-order chi connectivity index (χ0) is 20.0. The average molecular weight is 412 g/mol. The zero-order valence-electron chi connectivity index (χ0n) is 15.7. The fraction of sp³-hybridized carbons (Fsp3) is 0.353. The third-order valence-electron chi connectivity index (χ3n) is 3.67. The number of benzene rings is 1. The summed E-state index contributed by atoms with van der Waals surface area (Å²) in [5, 5.41) is 9.71. The first-order valence-corrected chi connectivity index (χ1v) is 8.99. The summed E-state index contributed by atoms with van der Waals surface area (Å²) in [6, 6.07) is 4.90. The SMILES string of the molecule is CNc1nc(Nc2ccc(Cl)c(Cl)c2)ncc1NC(=O)N(C)CCN(C)C. The molecule has 0 unspecified atom stereocenters. The van der Waals surface area contributed by atoms with Crippen LogP contribution in [0.4, 0.5) is 27.9 Å². The molecular formula is C17H23Cl2N7O. The summed E-state index contributed by atoms with van der Waals surface area (Å²) in [5.74, 6) is 0.846. The molecule has 0 aliphatic carbocycles. The molecular weight excluding hydrogens is 389 g/mol. The Balaban J connectivity index is 2.08. The third kappa shape index (κ3) is 6.13. The first-order chi connectivity index (χ1) is 12.8. The number of anilines is 4. The molecule has 1 aromatic heterocycles. The van der Waals surface area contributed by atoms with Crippen LogP contribution in [0.15, 0.2) is 24.4 Å². The zero-order valence-corrected chi connectivity index (χ0v) is 17.2. The number of nitrogens with zero attached hydrogens (tertiary/aromatic N) is 4. The number of hydrogen-bond donors (Lipinski definition) is 3. The topological polar surface area (TPSA) is 85.4 Å². The number of hydrogen-bond acceptors (Lipinski definition) is 6. The molecule has 0 aliphatic rings. The summed E-state index contributed by atoms with van der Waals surface area (Å²) in [5.41, 5.74) is 1.19. The Bertz CT molecular complexity index is 801. The van der Waals surface area contributed by atoms with E-state index in [-0.39, 0.29) is 6.03 Å². The summed E-state index contributed by atoms with van der Waals surface area (Å²) in [7, 11) is 7.37. The Morgan fingerprint density at radius 2 is 1.89 bits per heavy atom. The lowest BCUT2D eigenvalue weighted by atomic mass is 10.3. The number of nitrogens with one attached hydrogen (secondary N) is 3. The maximum absolute atomic E-state index is 12.3. The van der Waals surface area contributed by atoms with Gasteiger partial charge in [-0.1, -0.05) is 23.2 Å². The molecule has 0 aliphatic heterocycles. The number of urea groups is 1. The van der Waals surface area contributed by atoms with Gasteiger partial charge in [-0.3, -0.25) is 0 Å². The number of likely N-dealkylation sites (N-methyl/N-ethyl adjacent to an activating group) is 2. The first-order valence-electron chi connectivity index (χ1n) is 8.24. The molecule has 0 fully saturated rings. The lowest BCUT2D eigenvalue weighted by Crippen LogP contribution is -2.36. The van der Waals surface area contributed by atoms with Crippen LogP contribution in [-0.4, -0.2) is 67.1 Å². The second-order valence-electron chi connectivity index (χ2n) is 6.11. The van der Waals surface area contributed by atoms with E-state index in [1.165, 1.54) is 6.20 Å². The molecule has 2 amide bonds. The summed E-state index contributed by atoms with van der Waals surface area (Å²) >= 11 is 11.9. The highest BCUT2D eigenvalue weighted by atomic mass is 35.5. The number of halogens is 2. The van der Waals surface area contributed by atoms with Gasteiger partial charge in [0.25, 0.3) is 0 Å². The van der Waals surface area contributed by atoms with E-state index in [2.05, 4.69) is 25.9 Å². The van der Waals surface area contributed by atoms with E-state index in [0.717, 1.165) is 6.54 Å². The average Bonchev–Trinajstić information content (AvgIpc) is 2.63. The number of carbonyl (C=O) groups is 1. The second-order valence-corrected chi connectivity index (χ2v) is 6.93. The number of amides is 2. The molecule has 0 radical (unpaired) electrons. The normalized spacial score (nSPS) is 10.6. The van der Waals surface area contributed by atoms with Gasteiger partial charge in [-0.2, -0.15) is 4.98 Å². The molecule has 8 nitrogen and oxygen atoms in total. The fourth-order valence-electron chi connectivity index (χ4n) is 2.09. The van der Waals surface area contributed by atoms with Crippen LogP contribution in [-0.2, 0) is 0 Å². The van der Waals surface area contributed by atoms with Gasteiger partial charge in [0.1, 0.15) is 5.69 Å². The van der Waals surface area contributed by atoms with Crippen molar-refractivity contribution in [3.63, 3.8) is 0 Å². The van der Waals surface area contributed by atoms with Crippen LogP contribution >= 0.6 is 23.2 Å². The van der Waals surface area contributed by atoms with Crippen LogP contribution in [0.5, 0.6) is 0 Å². The number of aromatic nitrogens is 2. The molecule has 0 atom stereocenters. The second kappa shape index (κ2) is 9.59. The van der Waals surface area contributed by atoms with E-state index in [9.17, 15) is 4.79 Å². The van der Waals surface area contributed by atoms with Crippen molar-refractivity contribution in [3.05, 3.63) is 34.4 Å². The van der Waals surface area contributed by atoms with Gasteiger partial charge >= 0.3 is 6.03 Å². The van der Waals surface area contributed by atoms with Crippen molar-refractivity contribution in [3.8, 4) is 0 Å². The van der Waals surface area contributed by atoms with E-state index in [1.54, 1.807) is 37.2 Å². The van der Waals surface area contributed by atoms with E-state index in [4.69, 9.17) is 23.2 Å². The van der Waals surface area contributed by atoms with Gasteiger partial charge in [-0.15, -0.1) is 0 Å². The van der Waals surface area contributed by atoms with Gasteiger partial charge in [-0.05, 0) is 32.3 Å². The highest BCUT2D eigenvalue weighted by Crippen LogP contribution is 2.27. The number of carbonyl (C=O) groups excluding carboxylic acids is 1. The van der Waals surface area contributed by atoms with Crippen molar-refractivity contribution < 1.29 is 4.79 Å². The van der Waals surface area contributed by atoms with Crippen molar-refractivity contribution in [2.75, 3.05) is 57.2 Å². The molecule has 2 aromatic rings. The Morgan fingerprint density at radius 3 is 2.52 bits per heavy atom. The third-order valence-corrected chi connectivity index (χ3v) is 4.41. The van der Waals surface area contributed by atoms with Gasteiger partial charge < -0.3 is 25.8 Å². The van der Waals surface area contributed by atoms with Crippen LogP contribution < -0.4 is 16.0 Å². The van der Waals surface area contributed by atoms with Crippen molar-refractivity contribution in [2.24, 2.45) is 0 Å². The molecule has 27 heavy (non-hydrogen) atoms. The van der Waals surface area contributed by atoms with Crippen molar-refractivity contribution in [1.29, 1.82) is 0 Å². The molecule has 2 rings (SSSR count). The van der Waals surface area contributed by atoms with Crippen molar-refractivity contribution >= 4 is 52.4 Å². The molecule has 1 heterocycles. The molecule has 0 saturated heterocycles. The van der Waals surface area contributed by atoms with Crippen molar-refractivity contribution in [2.45, 2.75) is 0 Å². The standard InChI is InChI=1S/C17H23Cl2N7O/c1-20-15-14(23-17(27)26(4)8-7-25(2)3)10-21-16(24-15)22-11-5-6-12(18)13(19)9-11/h5-6,9-10H,7-8H2,1-4H3,(H,23,27)(H2,20,21,22,24). The summed E-state index contributed by atoms with van der Waals surface area (Å²) in [4.78, 5) is 24.5. The van der Waals surface area contributed by atoms with Crippen LogP contribution in [0.25, 0.3) is 0 Å². The van der Waals surface area contributed by atoms with Gasteiger partial charge in [-0.25, -0.2) is 9.78 Å².